The first-order chi connectivity index (χ1) is 9.82. The SMILES string of the molecule is CC(C)N(C)C1CCC(N2CCC(N)C2=O)C(C(=O)O)C1. The van der Waals surface area contributed by atoms with E-state index in [0.29, 0.717) is 25.4 Å². The van der Waals surface area contributed by atoms with Crippen LogP contribution in [0.4, 0.5) is 0 Å². The van der Waals surface area contributed by atoms with E-state index in [1.165, 1.54) is 0 Å². The zero-order valence-electron chi connectivity index (χ0n) is 13.2. The first-order valence-electron chi connectivity index (χ1n) is 7.83. The smallest absolute Gasteiger partial charge is 0.308 e. The maximum Gasteiger partial charge on any atom is 0.308 e. The second-order valence-corrected chi connectivity index (χ2v) is 6.66. The fraction of sp³-hybridized carbons (Fsp3) is 0.867. The minimum absolute atomic E-state index is 0.0816. The van der Waals surface area contributed by atoms with Crippen molar-refractivity contribution in [3.05, 3.63) is 0 Å². The number of nitrogens with zero attached hydrogens (tertiary/aromatic N) is 2. The van der Waals surface area contributed by atoms with Gasteiger partial charge in [0.2, 0.25) is 5.91 Å². The molecule has 1 saturated heterocycles. The summed E-state index contributed by atoms with van der Waals surface area (Å²) < 4.78 is 0. The number of hydrogen-bond acceptors (Lipinski definition) is 4. The van der Waals surface area contributed by atoms with E-state index in [9.17, 15) is 14.7 Å². The van der Waals surface area contributed by atoms with Gasteiger partial charge in [0.05, 0.1) is 12.0 Å². The molecular weight excluding hydrogens is 270 g/mol. The number of rotatable bonds is 4. The second kappa shape index (κ2) is 6.32. The van der Waals surface area contributed by atoms with Gasteiger partial charge in [-0.15, -0.1) is 0 Å². The van der Waals surface area contributed by atoms with Gasteiger partial charge in [-0.05, 0) is 46.6 Å². The van der Waals surface area contributed by atoms with Crippen molar-refractivity contribution >= 4 is 11.9 Å². The van der Waals surface area contributed by atoms with Crippen LogP contribution in [0.2, 0.25) is 0 Å². The van der Waals surface area contributed by atoms with Gasteiger partial charge in [-0.25, -0.2) is 0 Å². The second-order valence-electron chi connectivity index (χ2n) is 6.66. The average molecular weight is 297 g/mol. The summed E-state index contributed by atoms with van der Waals surface area (Å²) in [4.78, 5) is 27.7. The molecule has 2 aliphatic rings. The predicted molar refractivity (Wildman–Crippen MR) is 79.8 cm³/mol. The molecule has 2 fully saturated rings. The van der Waals surface area contributed by atoms with Crippen molar-refractivity contribution in [1.29, 1.82) is 0 Å². The van der Waals surface area contributed by atoms with Gasteiger partial charge in [-0.1, -0.05) is 0 Å². The van der Waals surface area contributed by atoms with Crippen LogP contribution in [-0.4, -0.2) is 64.5 Å². The molecule has 1 aliphatic carbocycles. The van der Waals surface area contributed by atoms with E-state index in [4.69, 9.17) is 5.73 Å². The standard InChI is InChI=1S/C15H27N3O3/c1-9(2)17(3)10-4-5-13(11(8-10)15(20)21)18-7-6-12(16)14(18)19/h9-13H,4-8,16H2,1-3H3,(H,20,21). The summed E-state index contributed by atoms with van der Waals surface area (Å²) in [6.45, 7) is 4.83. The number of aliphatic carboxylic acids is 1. The Labute approximate surface area is 126 Å². The maximum atomic E-state index is 12.1. The molecule has 0 aromatic carbocycles. The van der Waals surface area contributed by atoms with Gasteiger partial charge in [0.25, 0.3) is 0 Å². The van der Waals surface area contributed by atoms with Gasteiger partial charge in [0.1, 0.15) is 0 Å². The molecule has 6 nitrogen and oxygen atoms in total. The minimum atomic E-state index is -0.796. The molecule has 120 valence electrons. The highest BCUT2D eigenvalue weighted by atomic mass is 16.4. The topological polar surface area (TPSA) is 86.9 Å². The largest absolute Gasteiger partial charge is 0.481 e. The van der Waals surface area contributed by atoms with E-state index in [0.717, 1.165) is 12.8 Å². The Balaban J connectivity index is 2.11. The number of likely N-dealkylation sites (tertiary alicyclic amines) is 1. The van der Waals surface area contributed by atoms with Crippen LogP contribution < -0.4 is 5.73 Å². The number of hydrogen-bond donors (Lipinski definition) is 2. The lowest BCUT2D eigenvalue weighted by atomic mass is 9.80. The van der Waals surface area contributed by atoms with Gasteiger partial charge in [0, 0.05) is 24.7 Å². The van der Waals surface area contributed by atoms with Crippen LogP contribution in [-0.2, 0) is 9.59 Å². The van der Waals surface area contributed by atoms with Crippen molar-refractivity contribution in [3.8, 4) is 0 Å². The Morgan fingerprint density at radius 3 is 2.52 bits per heavy atom. The molecule has 6 heteroatoms. The number of nitrogens with two attached hydrogens (primary N) is 1. The quantitative estimate of drug-likeness (QED) is 0.789. The fourth-order valence-corrected chi connectivity index (χ4v) is 3.62. The summed E-state index contributed by atoms with van der Waals surface area (Å²) in [6, 6.07) is 0.0208. The van der Waals surface area contributed by atoms with Crippen molar-refractivity contribution in [2.24, 2.45) is 11.7 Å². The number of carboxylic acids is 1. The van der Waals surface area contributed by atoms with E-state index >= 15 is 0 Å². The molecule has 21 heavy (non-hydrogen) atoms. The third kappa shape index (κ3) is 3.21. The van der Waals surface area contributed by atoms with E-state index in [-0.39, 0.29) is 18.0 Å². The molecule has 0 aromatic rings. The molecule has 4 atom stereocenters. The molecule has 3 N–H and O–H groups in total. The zero-order valence-corrected chi connectivity index (χ0v) is 13.2. The number of amides is 1. The van der Waals surface area contributed by atoms with Gasteiger partial charge in [0.15, 0.2) is 0 Å². The van der Waals surface area contributed by atoms with Crippen LogP contribution in [0.5, 0.6) is 0 Å². The van der Waals surface area contributed by atoms with Crippen molar-refractivity contribution in [2.75, 3.05) is 13.6 Å². The highest BCUT2D eigenvalue weighted by Crippen LogP contribution is 2.33. The first kappa shape index (κ1) is 16.2. The predicted octanol–water partition coefficient (Wildman–Crippen LogP) is 0.508. The zero-order chi connectivity index (χ0) is 15.7. The molecule has 2 rings (SSSR count). The number of carboxylic acid groups (broad SMARTS) is 1. The third-order valence-electron chi connectivity index (χ3n) is 5.18. The first-order valence-corrected chi connectivity index (χ1v) is 7.83. The van der Waals surface area contributed by atoms with Crippen molar-refractivity contribution in [3.63, 3.8) is 0 Å². The van der Waals surface area contributed by atoms with E-state index in [1.54, 1.807) is 4.90 Å². The van der Waals surface area contributed by atoms with Crippen LogP contribution >= 0.6 is 0 Å². The highest BCUT2D eigenvalue weighted by molar-refractivity contribution is 5.84. The molecule has 0 aromatic heterocycles. The molecule has 1 aliphatic heterocycles. The van der Waals surface area contributed by atoms with Crippen LogP contribution in [0.3, 0.4) is 0 Å². The van der Waals surface area contributed by atoms with E-state index in [2.05, 4.69) is 18.7 Å². The van der Waals surface area contributed by atoms with Crippen LogP contribution in [0, 0.1) is 5.92 Å². The van der Waals surface area contributed by atoms with Crippen LogP contribution in [0.1, 0.15) is 39.5 Å². The van der Waals surface area contributed by atoms with E-state index in [1.807, 2.05) is 7.05 Å². The molecule has 1 saturated carbocycles. The molecule has 0 bridgehead atoms. The van der Waals surface area contributed by atoms with Crippen molar-refractivity contribution < 1.29 is 14.7 Å². The van der Waals surface area contributed by atoms with Gasteiger partial charge >= 0.3 is 5.97 Å². The monoisotopic (exact) mass is 297 g/mol. The molecule has 1 heterocycles. The molecule has 4 unspecified atom stereocenters. The Morgan fingerprint density at radius 1 is 1.38 bits per heavy atom. The van der Waals surface area contributed by atoms with Crippen molar-refractivity contribution in [1.82, 2.24) is 9.80 Å². The summed E-state index contributed by atoms with van der Waals surface area (Å²) in [5.74, 6) is -1.36. The molecule has 0 radical (unpaired) electrons. The minimum Gasteiger partial charge on any atom is -0.481 e. The lowest BCUT2D eigenvalue weighted by Gasteiger charge is -2.43. The third-order valence-corrected chi connectivity index (χ3v) is 5.18. The average Bonchev–Trinajstić information content (AvgIpc) is 2.77. The number of carbonyl (C=O) groups is 2. The summed E-state index contributed by atoms with van der Waals surface area (Å²) in [6.07, 6.45) is 2.92. The van der Waals surface area contributed by atoms with Gasteiger partial charge in [-0.3, -0.25) is 9.59 Å². The fourth-order valence-electron chi connectivity index (χ4n) is 3.62. The molecule has 0 spiro atoms. The highest BCUT2D eigenvalue weighted by Gasteiger charge is 2.44. The lowest BCUT2D eigenvalue weighted by molar-refractivity contribution is -0.148. The summed E-state index contributed by atoms with van der Waals surface area (Å²) >= 11 is 0. The lowest BCUT2D eigenvalue weighted by Crippen LogP contribution is -2.53. The van der Waals surface area contributed by atoms with Gasteiger partial charge < -0.3 is 20.6 Å². The molecule has 1 amide bonds. The maximum absolute atomic E-state index is 12.1. The normalized spacial score (nSPS) is 34.0. The summed E-state index contributed by atoms with van der Waals surface area (Å²) in [7, 11) is 2.05. The van der Waals surface area contributed by atoms with Gasteiger partial charge in [-0.2, -0.15) is 0 Å². The Kier molecular flexibility index (Phi) is 4.88. The summed E-state index contributed by atoms with van der Waals surface area (Å²) in [5, 5.41) is 9.57. The van der Waals surface area contributed by atoms with Crippen LogP contribution in [0.25, 0.3) is 0 Å². The Bertz CT molecular complexity index is 413. The van der Waals surface area contributed by atoms with Crippen LogP contribution in [0.15, 0.2) is 0 Å². The Hall–Kier alpha value is -1.14. The van der Waals surface area contributed by atoms with Crippen molar-refractivity contribution in [2.45, 2.75) is 63.7 Å². The van der Waals surface area contributed by atoms with E-state index < -0.39 is 17.9 Å². The molecular formula is C15H27N3O3. The summed E-state index contributed by atoms with van der Waals surface area (Å²) in [5.41, 5.74) is 5.77. The number of carbonyl (C=O) groups excluding carboxylic acids is 1. The Morgan fingerprint density at radius 2 is 2.05 bits per heavy atom.